The third kappa shape index (κ3) is 2.09. The van der Waals surface area contributed by atoms with E-state index in [0.717, 1.165) is 18.4 Å². The summed E-state index contributed by atoms with van der Waals surface area (Å²) in [5.74, 6) is 5.10. The van der Waals surface area contributed by atoms with Gasteiger partial charge >= 0.3 is 0 Å². The Labute approximate surface area is 73.1 Å². The van der Waals surface area contributed by atoms with Crippen LogP contribution in [0.15, 0.2) is 29.4 Å². The number of hydrogen-bond donors (Lipinski definition) is 1. The van der Waals surface area contributed by atoms with Gasteiger partial charge in [-0.1, -0.05) is 37.6 Å². The Morgan fingerprint density at radius 2 is 2.17 bits per heavy atom. The molecule has 0 fully saturated rings. The van der Waals surface area contributed by atoms with Crippen molar-refractivity contribution in [2.75, 3.05) is 0 Å². The second kappa shape index (κ2) is 4.54. The van der Waals surface area contributed by atoms with Crippen molar-refractivity contribution in [1.29, 1.82) is 0 Å². The molecule has 0 amide bonds. The summed E-state index contributed by atoms with van der Waals surface area (Å²) in [6.07, 6.45) is 3.93. The van der Waals surface area contributed by atoms with Crippen molar-refractivity contribution in [3.63, 3.8) is 0 Å². The van der Waals surface area contributed by atoms with Crippen molar-refractivity contribution >= 4 is 6.21 Å². The van der Waals surface area contributed by atoms with Crippen LogP contribution >= 0.6 is 0 Å². The molecule has 1 aromatic carbocycles. The molecule has 2 nitrogen and oxygen atoms in total. The number of benzene rings is 1. The summed E-state index contributed by atoms with van der Waals surface area (Å²) < 4.78 is 0. The second-order valence-electron chi connectivity index (χ2n) is 2.73. The number of nitrogens with two attached hydrogens (primary N) is 1. The van der Waals surface area contributed by atoms with Gasteiger partial charge in [0.1, 0.15) is 0 Å². The summed E-state index contributed by atoms with van der Waals surface area (Å²) in [6.45, 7) is 2.16. The topological polar surface area (TPSA) is 38.4 Å². The fourth-order valence-electron chi connectivity index (χ4n) is 1.24. The summed E-state index contributed by atoms with van der Waals surface area (Å²) in [5.41, 5.74) is 2.44. The lowest BCUT2D eigenvalue weighted by Gasteiger charge is -2.01. The van der Waals surface area contributed by atoms with Gasteiger partial charge in [0.05, 0.1) is 6.21 Å². The summed E-state index contributed by atoms with van der Waals surface area (Å²) >= 11 is 0. The maximum Gasteiger partial charge on any atom is 0.0540 e. The third-order valence-corrected chi connectivity index (χ3v) is 1.79. The molecule has 64 valence electrons. The van der Waals surface area contributed by atoms with Crippen LogP contribution in [0.25, 0.3) is 0 Å². The van der Waals surface area contributed by atoms with Gasteiger partial charge in [-0.05, 0) is 17.5 Å². The molecule has 0 unspecified atom stereocenters. The van der Waals surface area contributed by atoms with Crippen LogP contribution in [0.1, 0.15) is 24.5 Å². The van der Waals surface area contributed by atoms with Gasteiger partial charge in [0.25, 0.3) is 0 Å². The molecule has 0 aliphatic carbocycles. The van der Waals surface area contributed by atoms with E-state index in [1.807, 2.05) is 18.2 Å². The Morgan fingerprint density at radius 1 is 1.42 bits per heavy atom. The maximum atomic E-state index is 5.10. The smallest absolute Gasteiger partial charge is 0.0540 e. The fourth-order valence-corrected chi connectivity index (χ4v) is 1.24. The average Bonchev–Trinajstić information content (AvgIpc) is 2.09. The van der Waals surface area contributed by atoms with E-state index in [1.54, 1.807) is 6.21 Å². The van der Waals surface area contributed by atoms with E-state index in [1.165, 1.54) is 5.56 Å². The monoisotopic (exact) mass is 162 g/mol. The normalized spacial score (nSPS) is 10.8. The molecule has 0 radical (unpaired) electrons. The molecule has 0 aliphatic rings. The fraction of sp³-hybridized carbons (Fsp3) is 0.300. The molecule has 12 heavy (non-hydrogen) atoms. The molecule has 0 spiro atoms. The van der Waals surface area contributed by atoms with E-state index in [-0.39, 0.29) is 0 Å². The van der Waals surface area contributed by atoms with Gasteiger partial charge in [-0.25, -0.2) is 0 Å². The predicted octanol–water partition coefficient (Wildman–Crippen LogP) is 1.93. The number of rotatable bonds is 3. The molecular formula is C10H14N2. The highest BCUT2D eigenvalue weighted by Gasteiger charge is 1.96. The van der Waals surface area contributed by atoms with Crippen LogP contribution in [-0.2, 0) is 6.42 Å². The van der Waals surface area contributed by atoms with Gasteiger partial charge < -0.3 is 5.84 Å². The minimum absolute atomic E-state index is 1.09. The molecule has 0 aliphatic heterocycles. The lowest BCUT2D eigenvalue weighted by molar-refractivity contribution is 0.920. The zero-order valence-corrected chi connectivity index (χ0v) is 7.33. The van der Waals surface area contributed by atoms with Gasteiger partial charge in [0.15, 0.2) is 0 Å². The summed E-state index contributed by atoms with van der Waals surface area (Å²) in [4.78, 5) is 0. The van der Waals surface area contributed by atoms with Crippen LogP contribution in [0, 0.1) is 0 Å². The zero-order valence-electron chi connectivity index (χ0n) is 7.33. The second-order valence-corrected chi connectivity index (χ2v) is 2.73. The summed E-state index contributed by atoms with van der Waals surface area (Å²) in [6, 6.07) is 8.18. The number of aryl methyl sites for hydroxylation is 1. The van der Waals surface area contributed by atoms with E-state index in [2.05, 4.69) is 18.1 Å². The lowest BCUT2D eigenvalue weighted by atomic mass is 10.0. The molecule has 1 aromatic rings. The Morgan fingerprint density at radius 3 is 2.83 bits per heavy atom. The average molecular weight is 162 g/mol. The summed E-state index contributed by atoms with van der Waals surface area (Å²) in [5, 5.41) is 3.52. The Bertz CT molecular complexity index is 266. The van der Waals surface area contributed by atoms with Crippen LogP contribution in [0.5, 0.6) is 0 Å². The van der Waals surface area contributed by atoms with Gasteiger partial charge in [0.2, 0.25) is 0 Å². The highest BCUT2D eigenvalue weighted by Crippen LogP contribution is 2.08. The molecule has 2 N–H and O–H groups in total. The van der Waals surface area contributed by atoms with Crippen LogP contribution in [-0.4, -0.2) is 6.21 Å². The minimum atomic E-state index is 1.09. The molecular weight excluding hydrogens is 148 g/mol. The predicted molar refractivity (Wildman–Crippen MR) is 52.2 cm³/mol. The number of hydrogen-bond acceptors (Lipinski definition) is 2. The van der Waals surface area contributed by atoms with Crippen molar-refractivity contribution in [2.24, 2.45) is 10.9 Å². The highest BCUT2D eigenvalue weighted by atomic mass is 15.1. The molecule has 0 bridgehead atoms. The zero-order chi connectivity index (χ0) is 8.81. The van der Waals surface area contributed by atoms with Crippen LogP contribution in [0.4, 0.5) is 0 Å². The number of nitrogens with zero attached hydrogens (tertiary/aromatic N) is 1. The first kappa shape index (κ1) is 8.78. The molecule has 0 atom stereocenters. The highest BCUT2D eigenvalue weighted by molar-refractivity contribution is 5.81. The first-order valence-electron chi connectivity index (χ1n) is 4.19. The first-order valence-corrected chi connectivity index (χ1v) is 4.19. The molecule has 0 saturated carbocycles. The standard InChI is InChI=1S/C10H14N2/c1-2-5-9-6-3-4-7-10(9)8-12-11/h3-4,6-8H,2,5,11H2,1H3/b12-8-. The molecule has 1 rings (SSSR count). The van der Waals surface area contributed by atoms with Gasteiger partial charge in [-0.3, -0.25) is 0 Å². The van der Waals surface area contributed by atoms with Gasteiger partial charge in [0, 0.05) is 0 Å². The van der Waals surface area contributed by atoms with E-state index < -0.39 is 0 Å². The van der Waals surface area contributed by atoms with Crippen molar-refractivity contribution in [1.82, 2.24) is 0 Å². The van der Waals surface area contributed by atoms with Crippen LogP contribution in [0.2, 0.25) is 0 Å². The molecule has 0 aromatic heterocycles. The Kier molecular flexibility index (Phi) is 3.33. The minimum Gasteiger partial charge on any atom is -0.323 e. The van der Waals surface area contributed by atoms with Crippen LogP contribution < -0.4 is 5.84 Å². The Hall–Kier alpha value is -1.31. The summed E-state index contributed by atoms with van der Waals surface area (Å²) in [7, 11) is 0. The van der Waals surface area contributed by atoms with Crippen molar-refractivity contribution < 1.29 is 0 Å². The first-order chi connectivity index (χ1) is 5.88. The SMILES string of the molecule is CCCc1ccccc1/C=N\N. The Balaban J connectivity index is 2.91. The maximum absolute atomic E-state index is 5.10. The molecule has 0 saturated heterocycles. The lowest BCUT2D eigenvalue weighted by Crippen LogP contribution is -1.93. The van der Waals surface area contributed by atoms with Gasteiger partial charge in [-0.15, -0.1) is 0 Å². The van der Waals surface area contributed by atoms with Crippen LogP contribution in [0.3, 0.4) is 0 Å². The third-order valence-electron chi connectivity index (χ3n) is 1.79. The van der Waals surface area contributed by atoms with E-state index in [9.17, 15) is 0 Å². The molecule has 0 heterocycles. The van der Waals surface area contributed by atoms with E-state index in [0.29, 0.717) is 0 Å². The van der Waals surface area contributed by atoms with E-state index >= 15 is 0 Å². The van der Waals surface area contributed by atoms with Crippen molar-refractivity contribution in [2.45, 2.75) is 19.8 Å². The van der Waals surface area contributed by atoms with Crippen molar-refractivity contribution in [3.8, 4) is 0 Å². The molecule has 2 heteroatoms. The van der Waals surface area contributed by atoms with Gasteiger partial charge in [-0.2, -0.15) is 5.10 Å². The largest absolute Gasteiger partial charge is 0.323 e. The quantitative estimate of drug-likeness (QED) is 0.411. The van der Waals surface area contributed by atoms with E-state index in [4.69, 9.17) is 5.84 Å². The van der Waals surface area contributed by atoms with Crippen molar-refractivity contribution in [3.05, 3.63) is 35.4 Å². The number of hydrazone groups is 1.